The molecule has 2 aromatic carbocycles. The Balaban J connectivity index is 1.40. The van der Waals surface area contributed by atoms with Crippen LogP contribution in [0.1, 0.15) is 29.7 Å². The molecule has 0 saturated carbocycles. The largest absolute Gasteiger partial charge is 0.489 e. The Hall–Kier alpha value is -3.47. The molecule has 0 amide bonds. The first kappa shape index (κ1) is 27.6. The van der Waals surface area contributed by atoms with Gasteiger partial charge in [0, 0.05) is 29.7 Å². The van der Waals surface area contributed by atoms with Crippen LogP contribution < -0.4 is 10.1 Å². The molecule has 0 radical (unpaired) electrons. The van der Waals surface area contributed by atoms with E-state index in [0.29, 0.717) is 19.7 Å². The molecule has 0 bridgehead atoms. The van der Waals surface area contributed by atoms with E-state index in [1.165, 1.54) is 6.26 Å². The van der Waals surface area contributed by atoms with Crippen LogP contribution >= 0.6 is 0 Å². The topological polar surface area (TPSA) is 96.9 Å². The van der Waals surface area contributed by atoms with Gasteiger partial charge in [-0.1, -0.05) is 30.3 Å². The van der Waals surface area contributed by atoms with Gasteiger partial charge < -0.3 is 15.0 Å². The molecule has 0 fully saturated rings. The molecule has 1 N–H and O–H groups in total. The highest BCUT2D eigenvalue weighted by Crippen LogP contribution is 2.31. The van der Waals surface area contributed by atoms with Crippen molar-refractivity contribution in [1.29, 1.82) is 0 Å². The summed E-state index contributed by atoms with van der Waals surface area (Å²) in [5, 5.41) is 5.26. The zero-order chi connectivity index (χ0) is 27.0. The van der Waals surface area contributed by atoms with E-state index in [-0.39, 0.29) is 5.75 Å². The van der Waals surface area contributed by atoms with E-state index < -0.39 is 9.84 Å². The lowest BCUT2D eigenvalue weighted by atomic mass is 10.1. The van der Waals surface area contributed by atoms with Crippen molar-refractivity contribution in [2.75, 3.05) is 44.6 Å². The third-order valence-corrected chi connectivity index (χ3v) is 7.22. The first-order chi connectivity index (χ1) is 18.3. The standard InChI is InChI=1S/C28H35N5O4S/c1-32(16-17-38(3,34)35)15-7-10-24-18-26-27(19-33(24)36-2)29-21-30-28(26)31-23-11-13-25(14-12-23)37-20-22-8-5-4-6-9-22/h4-6,8-9,11-14,18,21H,7,10,15-17,19-20H2,1-3H3,(H,29,30,31). The summed E-state index contributed by atoms with van der Waals surface area (Å²) in [5.74, 6) is 1.69. The predicted octanol–water partition coefficient (Wildman–Crippen LogP) is 4.27. The molecule has 0 unspecified atom stereocenters. The Bertz CT molecular complexity index is 1330. The van der Waals surface area contributed by atoms with E-state index in [4.69, 9.17) is 9.57 Å². The average Bonchev–Trinajstić information content (AvgIpc) is 2.91. The summed E-state index contributed by atoms with van der Waals surface area (Å²) in [4.78, 5) is 16.6. The van der Waals surface area contributed by atoms with Gasteiger partial charge in [0.25, 0.3) is 0 Å². The molecule has 0 aliphatic carbocycles. The third-order valence-electron chi connectivity index (χ3n) is 6.29. The molecule has 9 nitrogen and oxygen atoms in total. The van der Waals surface area contributed by atoms with Gasteiger partial charge in [0.1, 0.15) is 34.3 Å². The molecule has 1 aliphatic heterocycles. The lowest BCUT2D eigenvalue weighted by Crippen LogP contribution is -2.28. The van der Waals surface area contributed by atoms with E-state index >= 15 is 0 Å². The number of ether oxygens (including phenoxy) is 1. The Morgan fingerprint density at radius 2 is 1.82 bits per heavy atom. The van der Waals surface area contributed by atoms with Crippen molar-refractivity contribution >= 4 is 27.4 Å². The predicted molar refractivity (Wildman–Crippen MR) is 150 cm³/mol. The van der Waals surface area contributed by atoms with Crippen LogP contribution in [0.5, 0.6) is 5.75 Å². The van der Waals surface area contributed by atoms with Crippen LogP contribution in [0.2, 0.25) is 0 Å². The number of hydrogen-bond acceptors (Lipinski definition) is 9. The zero-order valence-electron chi connectivity index (χ0n) is 22.1. The fourth-order valence-corrected chi connectivity index (χ4v) is 4.78. The van der Waals surface area contributed by atoms with E-state index in [9.17, 15) is 8.42 Å². The number of anilines is 2. The minimum Gasteiger partial charge on any atom is -0.489 e. The summed E-state index contributed by atoms with van der Waals surface area (Å²) in [6, 6.07) is 17.9. The molecule has 202 valence electrons. The van der Waals surface area contributed by atoms with Gasteiger partial charge >= 0.3 is 0 Å². The summed E-state index contributed by atoms with van der Waals surface area (Å²) in [5.41, 5.74) is 4.86. The Kier molecular flexibility index (Phi) is 9.33. The second-order valence-electron chi connectivity index (χ2n) is 9.40. The smallest absolute Gasteiger partial charge is 0.148 e. The van der Waals surface area contributed by atoms with Gasteiger partial charge in [-0.15, -0.1) is 0 Å². The minimum atomic E-state index is -2.97. The number of nitrogens with zero attached hydrogens (tertiary/aromatic N) is 4. The van der Waals surface area contributed by atoms with Crippen LogP contribution in [0.3, 0.4) is 0 Å². The highest BCUT2D eigenvalue weighted by molar-refractivity contribution is 7.90. The van der Waals surface area contributed by atoms with Crippen molar-refractivity contribution in [1.82, 2.24) is 19.9 Å². The quantitative estimate of drug-likeness (QED) is 0.343. The second-order valence-corrected chi connectivity index (χ2v) is 11.7. The summed E-state index contributed by atoms with van der Waals surface area (Å²) >= 11 is 0. The highest BCUT2D eigenvalue weighted by Gasteiger charge is 2.22. The number of sulfone groups is 1. The number of allylic oxidation sites excluding steroid dienone is 1. The molecule has 2 heterocycles. The van der Waals surface area contributed by atoms with E-state index in [0.717, 1.165) is 59.2 Å². The number of hydroxylamine groups is 2. The molecule has 0 spiro atoms. The van der Waals surface area contributed by atoms with Gasteiger partial charge in [-0.05, 0) is 62.3 Å². The molecule has 10 heteroatoms. The summed E-state index contributed by atoms with van der Waals surface area (Å²) in [7, 11) is 0.626. The highest BCUT2D eigenvalue weighted by atomic mass is 32.2. The Morgan fingerprint density at radius 1 is 1.05 bits per heavy atom. The molecule has 4 rings (SSSR count). The van der Waals surface area contributed by atoms with Crippen molar-refractivity contribution in [3.05, 3.63) is 83.4 Å². The molecule has 1 aliphatic rings. The lowest BCUT2D eigenvalue weighted by molar-refractivity contribution is -0.111. The summed E-state index contributed by atoms with van der Waals surface area (Å²) in [6.07, 6.45) is 6.53. The Labute approximate surface area is 225 Å². The van der Waals surface area contributed by atoms with Crippen LogP contribution in [-0.2, 0) is 27.8 Å². The first-order valence-corrected chi connectivity index (χ1v) is 14.6. The fraction of sp³-hybridized carbons (Fsp3) is 0.357. The molecule has 3 aromatic rings. The monoisotopic (exact) mass is 537 g/mol. The zero-order valence-corrected chi connectivity index (χ0v) is 22.9. The third kappa shape index (κ3) is 8.01. The van der Waals surface area contributed by atoms with Crippen LogP contribution in [0.4, 0.5) is 11.5 Å². The number of nitrogens with one attached hydrogen (secondary N) is 1. The van der Waals surface area contributed by atoms with Crippen LogP contribution in [-0.4, -0.2) is 67.6 Å². The van der Waals surface area contributed by atoms with Crippen LogP contribution in [0.25, 0.3) is 6.08 Å². The Morgan fingerprint density at radius 3 is 2.53 bits per heavy atom. The van der Waals surface area contributed by atoms with Crippen molar-refractivity contribution in [3.63, 3.8) is 0 Å². The van der Waals surface area contributed by atoms with E-state index in [1.54, 1.807) is 13.4 Å². The number of rotatable bonds is 13. The van der Waals surface area contributed by atoms with Crippen molar-refractivity contribution < 1.29 is 18.0 Å². The molecular weight excluding hydrogens is 502 g/mol. The van der Waals surface area contributed by atoms with Crippen molar-refractivity contribution in [2.24, 2.45) is 0 Å². The molecule has 0 atom stereocenters. The molecular formula is C28H35N5O4S. The maximum Gasteiger partial charge on any atom is 0.148 e. The first-order valence-electron chi connectivity index (χ1n) is 12.6. The van der Waals surface area contributed by atoms with Gasteiger partial charge in [-0.2, -0.15) is 0 Å². The normalized spacial score (nSPS) is 13.3. The number of aromatic nitrogens is 2. The van der Waals surface area contributed by atoms with Gasteiger partial charge in [0.2, 0.25) is 0 Å². The van der Waals surface area contributed by atoms with Crippen LogP contribution in [0.15, 0.2) is 66.6 Å². The van der Waals surface area contributed by atoms with Gasteiger partial charge in [-0.25, -0.2) is 18.4 Å². The lowest BCUT2D eigenvalue weighted by Gasteiger charge is -2.30. The van der Waals surface area contributed by atoms with Crippen LogP contribution in [0, 0.1) is 0 Å². The molecule has 38 heavy (non-hydrogen) atoms. The van der Waals surface area contributed by atoms with E-state index in [1.807, 2.05) is 71.6 Å². The number of fused-ring (bicyclic) bond motifs is 1. The number of benzene rings is 2. The average molecular weight is 538 g/mol. The van der Waals surface area contributed by atoms with Crippen molar-refractivity contribution in [2.45, 2.75) is 26.0 Å². The van der Waals surface area contributed by atoms with Gasteiger partial charge in [0.05, 0.1) is 25.1 Å². The molecule has 0 saturated heterocycles. The van der Waals surface area contributed by atoms with Gasteiger partial charge in [0.15, 0.2) is 0 Å². The molecule has 1 aromatic heterocycles. The maximum absolute atomic E-state index is 11.4. The van der Waals surface area contributed by atoms with E-state index in [2.05, 4.69) is 21.4 Å². The summed E-state index contributed by atoms with van der Waals surface area (Å²) < 4.78 is 28.8. The SMILES string of the molecule is CON1Cc2ncnc(Nc3ccc(OCc4ccccc4)cc3)c2C=C1CCCN(C)CCS(C)(=O)=O. The minimum absolute atomic E-state index is 0.163. The summed E-state index contributed by atoms with van der Waals surface area (Å²) in [6.45, 7) is 2.34. The van der Waals surface area contributed by atoms with Gasteiger partial charge in [-0.3, -0.25) is 9.90 Å². The second kappa shape index (κ2) is 12.9. The number of hydrogen-bond donors (Lipinski definition) is 1. The fourth-order valence-electron chi connectivity index (χ4n) is 4.14. The maximum atomic E-state index is 11.4. The van der Waals surface area contributed by atoms with Crippen molar-refractivity contribution in [3.8, 4) is 5.75 Å².